The van der Waals surface area contributed by atoms with E-state index in [0.717, 1.165) is 25.7 Å². The van der Waals surface area contributed by atoms with E-state index < -0.39 is 13.4 Å². The molecule has 0 radical (unpaired) electrons. The Hall–Kier alpha value is -0.185. The SMILES string of the molecule is CN(C[B-](F)(F)F)C1CCCCC1. The van der Waals surface area contributed by atoms with E-state index in [9.17, 15) is 12.9 Å². The van der Waals surface area contributed by atoms with Crippen LogP contribution in [0.2, 0.25) is 0 Å². The summed E-state index contributed by atoms with van der Waals surface area (Å²) >= 11 is 0. The van der Waals surface area contributed by atoms with Crippen molar-refractivity contribution in [2.24, 2.45) is 0 Å². The van der Waals surface area contributed by atoms with Gasteiger partial charge in [0.15, 0.2) is 0 Å². The molecule has 1 nitrogen and oxygen atoms in total. The van der Waals surface area contributed by atoms with Crippen LogP contribution in [0.5, 0.6) is 0 Å². The normalized spacial score (nSPS) is 21.0. The molecule has 13 heavy (non-hydrogen) atoms. The lowest BCUT2D eigenvalue weighted by Gasteiger charge is -2.34. The van der Waals surface area contributed by atoms with Crippen LogP contribution in [-0.2, 0) is 0 Å². The van der Waals surface area contributed by atoms with Crippen molar-refractivity contribution >= 4 is 6.98 Å². The summed E-state index contributed by atoms with van der Waals surface area (Å²) < 4.78 is 36.2. The highest BCUT2D eigenvalue weighted by Gasteiger charge is 2.28. The summed E-state index contributed by atoms with van der Waals surface area (Å²) in [6.45, 7) is -4.65. The minimum atomic E-state index is -4.65. The molecule has 0 unspecified atom stereocenters. The van der Waals surface area contributed by atoms with Crippen LogP contribution in [0.15, 0.2) is 0 Å². The summed E-state index contributed by atoms with van der Waals surface area (Å²) in [5.74, 6) is 0. The van der Waals surface area contributed by atoms with Gasteiger partial charge in [-0.1, -0.05) is 19.3 Å². The summed E-state index contributed by atoms with van der Waals surface area (Å²) in [5, 5.41) is 0. The molecule has 1 saturated carbocycles. The van der Waals surface area contributed by atoms with E-state index in [1.165, 1.54) is 11.3 Å². The lowest BCUT2D eigenvalue weighted by Crippen LogP contribution is -2.42. The number of halogens is 3. The number of hydrogen-bond acceptors (Lipinski definition) is 1. The van der Waals surface area contributed by atoms with E-state index >= 15 is 0 Å². The molecule has 0 aromatic carbocycles. The van der Waals surface area contributed by atoms with Crippen molar-refractivity contribution in [1.82, 2.24) is 4.90 Å². The highest BCUT2D eigenvalue weighted by molar-refractivity contribution is 6.58. The average molecular weight is 194 g/mol. The summed E-state index contributed by atoms with van der Waals surface area (Å²) in [5.41, 5.74) is 0. The number of hydrogen-bond donors (Lipinski definition) is 0. The highest BCUT2D eigenvalue weighted by atomic mass is 19.4. The Labute approximate surface area is 77.4 Å². The predicted molar refractivity (Wildman–Crippen MR) is 48.6 cm³/mol. The monoisotopic (exact) mass is 194 g/mol. The third kappa shape index (κ3) is 4.03. The molecule has 78 valence electrons. The van der Waals surface area contributed by atoms with Crippen LogP contribution in [0.1, 0.15) is 32.1 Å². The minimum Gasteiger partial charge on any atom is -0.448 e. The van der Waals surface area contributed by atoms with Gasteiger partial charge >= 0.3 is 6.98 Å². The van der Waals surface area contributed by atoms with E-state index in [1.807, 2.05) is 0 Å². The molecule has 0 amide bonds. The molecule has 0 aromatic heterocycles. The van der Waals surface area contributed by atoms with Crippen LogP contribution < -0.4 is 0 Å². The second kappa shape index (κ2) is 4.35. The fourth-order valence-electron chi connectivity index (χ4n) is 2.00. The lowest BCUT2D eigenvalue weighted by molar-refractivity contribution is 0.200. The molecule has 0 N–H and O–H groups in total. The molecular formula is C8H16BF3N-. The van der Waals surface area contributed by atoms with Crippen molar-refractivity contribution in [3.8, 4) is 0 Å². The molecule has 1 rings (SSSR count). The summed E-state index contributed by atoms with van der Waals surface area (Å²) in [7, 11) is 1.59. The van der Waals surface area contributed by atoms with Crippen LogP contribution in [0.4, 0.5) is 12.9 Å². The van der Waals surface area contributed by atoms with Gasteiger partial charge in [0.25, 0.3) is 0 Å². The quantitative estimate of drug-likeness (QED) is 0.624. The van der Waals surface area contributed by atoms with Crippen LogP contribution >= 0.6 is 0 Å². The number of rotatable bonds is 3. The zero-order chi connectivity index (χ0) is 9.90. The second-order valence-corrected chi connectivity index (χ2v) is 3.94. The van der Waals surface area contributed by atoms with Crippen LogP contribution in [0, 0.1) is 0 Å². The first kappa shape index (κ1) is 10.9. The van der Waals surface area contributed by atoms with E-state index in [0.29, 0.717) is 0 Å². The molecule has 0 atom stereocenters. The zero-order valence-corrected chi connectivity index (χ0v) is 7.98. The Morgan fingerprint density at radius 2 is 1.69 bits per heavy atom. The molecule has 1 fully saturated rings. The maximum Gasteiger partial charge on any atom is 0.492 e. The predicted octanol–water partition coefficient (Wildman–Crippen LogP) is 2.64. The molecule has 0 spiro atoms. The molecule has 5 heteroatoms. The van der Waals surface area contributed by atoms with Gasteiger partial charge in [0.05, 0.1) is 0 Å². The minimum absolute atomic E-state index is 0.164. The zero-order valence-electron chi connectivity index (χ0n) is 7.98. The van der Waals surface area contributed by atoms with Crippen molar-refractivity contribution in [2.45, 2.75) is 38.1 Å². The molecular weight excluding hydrogens is 178 g/mol. The lowest BCUT2D eigenvalue weighted by atomic mass is 9.87. The van der Waals surface area contributed by atoms with E-state index in [-0.39, 0.29) is 6.04 Å². The Bertz CT molecular complexity index is 154. The third-order valence-electron chi connectivity index (χ3n) is 2.69. The summed E-state index contributed by atoms with van der Waals surface area (Å²) in [4.78, 5) is 1.47. The smallest absolute Gasteiger partial charge is 0.448 e. The average Bonchev–Trinajstić information content (AvgIpc) is 2.03. The maximum absolute atomic E-state index is 12.1. The van der Waals surface area contributed by atoms with Gasteiger partial charge in [-0.3, -0.25) is 0 Å². The van der Waals surface area contributed by atoms with Crippen LogP contribution in [0.25, 0.3) is 0 Å². The molecule has 0 aliphatic heterocycles. The molecule has 0 saturated heterocycles. The van der Waals surface area contributed by atoms with Gasteiger partial charge in [-0.15, -0.1) is 0 Å². The van der Waals surface area contributed by atoms with Crippen molar-refractivity contribution in [2.75, 3.05) is 13.5 Å². The van der Waals surface area contributed by atoms with Gasteiger partial charge in [-0.2, -0.15) is 0 Å². The molecule has 0 bridgehead atoms. The van der Waals surface area contributed by atoms with E-state index in [2.05, 4.69) is 0 Å². The standard InChI is InChI=1S/C8H16BF3N/c1-13(7-9(10,11)12)8-5-3-2-4-6-8/h8H,2-7H2,1H3/q-1. The molecule has 1 aliphatic carbocycles. The topological polar surface area (TPSA) is 3.24 Å². The van der Waals surface area contributed by atoms with Crippen molar-refractivity contribution in [3.63, 3.8) is 0 Å². The largest absolute Gasteiger partial charge is 0.492 e. The van der Waals surface area contributed by atoms with Gasteiger partial charge < -0.3 is 17.8 Å². The fourth-order valence-corrected chi connectivity index (χ4v) is 2.00. The Morgan fingerprint density at radius 1 is 1.15 bits per heavy atom. The number of nitrogens with zero attached hydrogens (tertiary/aromatic N) is 1. The van der Waals surface area contributed by atoms with E-state index in [1.54, 1.807) is 7.05 Å². The molecule has 0 aromatic rings. The third-order valence-corrected chi connectivity index (χ3v) is 2.69. The first-order valence-electron chi connectivity index (χ1n) is 4.90. The van der Waals surface area contributed by atoms with Crippen LogP contribution in [-0.4, -0.2) is 31.4 Å². The van der Waals surface area contributed by atoms with Crippen LogP contribution in [0.3, 0.4) is 0 Å². The van der Waals surface area contributed by atoms with Gasteiger partial charge in [-0.05, 0) is 26.3 Å². The van der Waals surface area contributed by atoms with Gasteiger partial charge in [0, 0.05) is 6.04 Å². The Balaban J connectivity index is 2.33. The summed E-state index contributed by atoms with van der Waals surface area (Å²) in [6, 6.07) is 0.164. The first-order chi connectivity index (χ1) is 5.99. The van der Waals surface area contributed by atoms with Crippen molar-refractivity contribution < 1.29 is 12.9 Å². The first-order valence-corrected chi connectivity index (χ1v) is 4.90. The molecule has 0 heterocycles. The highest BCUT2D eigenvalue weighted by Crippen LogP contribution is 2.23. The van der Waals surface area contributed by atoms with E-state index in [4.69, 9.17) is 0 Å². The second-order valence-electron chi connectivity index (χ2n) is 3.94. The molecule has 1 aliphatic rings. The Kier molecular flexibility index (Phi) is 3.65. The van der Waals surface area contributed by atoms with Gasteiger partial charge in [0.2, 0.25) is 0 Å². The van der Waals surface area contributed by atoms with Crippen molar-refractivity contribution in [1.29, 1.82) is 0 Å². The Morgan fingerprint density at radius 3 is 2.15 bits per heavy atom. The fraction of sp³-hybridized carbons (Fsp3) is 1.00. The maximum atomic E-state index is 12.1. The van der Waals surface area contributed by atoms with Gasteiger partial charge in [-0.25, -0.2) is 0 Å². The van der Waals surface area contributed by atoms with Gasteiger partial charge in [0.1, 0.15) is 0 Å². The van der Waals surface area contributed by atoms with Crippen molar-refractivity contribution in [3.05, 3.63) is 0 Å². The summed E-state index contributed by atoms with van der Waals surface area (Å²) in [6.07, 6.45) is 4.51.